The zero-order valence-electron chi connectivity index (χ0n) is 6.96. The van der Waals surface area contributed by atoms with Gasteiger partial charge >= 0.3 is 71.4 Å². The monoisotopic (exact) mass is 256 g/mol. The molecule has 4 nitrogen and oxygen atoms in total. The molecule has 0 aliphatic rings. The van der Waals surface area contributed by atoms with Gasteiger partial charge in [-0.25, -0.2) is 0 Å². The number of halogens is 6. The van der Waals surface area contributed by atoms with E-state index in [1.165, 1.54) is 0 Å². The van der Waals surface area contributed by atoms with Gasteiger partial charge in [-0.2, -0.15) is 8.42 Å². The SMILES string of the molecule is O=S(=O)(O)O.[Li][CH](C(F)(F)F)C(F)(F)F. The zero-order valence-corrected chi connectivity index (χ0v) is 7.78. The van der Waals surface area contributed by atoms with Crippen LogP contribution in [0.1, 0.15) is 0 Å². The van der Waals surface area contributed by atoms with Gasteiger partial charge in [-0.1, -0.05) is 0 Å². The minimum atomic E-state index is -5.18. The first kappa shape index (κ1) is 17.4. The molecule has 12 heteroatoms. The quantitative estimate of drug-likeness (QED) is 0.390. The summed E-state index contributed by atoms with van der Waals surface area (Å²) in [4.78, 5) is 0. The fraction of sp³-hybridized carbons (Fsp3) is 1.00. The first-order valence-corrected chi connectivity index (χ1v) is 4.38. The molecule has 0 aliphatic heterocycles. The summed E-state index contributed by atoms with van der Waals surface area (Å²) in [6.45, 7) is 0. The molecule has 88 valence electrons. The molecular weight excluding hydrogens is 253 g/mol. The standard InChI is InChI=1S/C3HF6.Li.H2O4S/c4-2(5,6)1-3(7,8)9;;1-5(2,3)4/h1H;;(H2,1,2,3,4). The summed E-state index contributed by atoms with van der Waals surface area (Å²) >= 11 is 0.0833. The van der Waals surface area contributed by atoms with Crippen molar-refractivity contribution in [1.29, 1.82) is 0 Å². The van der Waals surface area contributed by atoms with Crippen molar-refractivity contribution < 1.29 is 43.9 Å². The van der Waals surface area contributed by atoms with Crippen molar-refractivity contribution in [3.8, 4) is 0 Å². The summed E-state index contributed by atoms with van der Waals surface area (Å²) in [5.74, 6) is 0. The van der Waals surface area contributed by atoms with E-state index in [0.717, 1.165) is 0 Å². The molecule has 0 fully saturated rings. The topological polar surface area (TPSA) is 74.6 Å². The van der Waals surface area contributed by atoms with Crippen LogP contribution in [-0.4, -0.2) is 47.6 Å². The summed E-state index contributed by atoms with van der Waals surface area (Å²) in [7, 11) is -4.67. The molecular formula is C3H3F6LiO4S. The Kier molecular flexibility index (Phi) is 6.28. The molecule has 0 aromatic rings. The van der Waals surface area contributed by atoms with Gasteiger partial charge in [-0.15, -0.1) is 0 Å². The Morgan fingerprint density at radius 2 is 1.07 bits per heavy atom. The Labute approximate surface area is 89.4 Å². The zero-order chi connectivity index (χ0) is 13.1. The third-order valence-corrected chi connectivity index (χ3v) is 0.982. The van der Waals surface area contributed by atoms with Gasteiger partial charge in [0.05, 0.1) is 0 Å². The van der Waals surface area contributed by atoms with Crippen molar-refractivity contribution in [2.24, 2.45) is 0 Å². The molecule has 0 aliphatic carbocycles. The van der Waals surface area contributed by atoms with Gasteiger partial charge in [0.25, 0.3) is 0 Å². The molecule has 0 radical (unpaired) electrons. The van der Waals surface area contributed by atoms with Crippen LogP contribution in [0.5, 0.6) is 0 Å². The second-order valence-corrected chi connectivity index (χ2v) is 3.15. The van der Waals surface area contributed by atoms with E-state index < -0.39 is 27.3 Å². The molecule has 0 bridgehead atoms. The fourth-order valence-corrected chi connectivity index (χ4v) is 0.186. The molecule has 0 atom stereocenters. The van der Waals surface area contributed by atoms with Crippen molar-refractivity contribution in [2.75, 3.05) is 0 Å². The first-order valence-electron chi connectivity index (χ1n) is 2.99. The normalized spacial score (nSPS) is 13.5. The Morgan fingerprint density at radius 1 is 0.933 bits per heavy atom. The summed E-state index contributed by atoms with van der Waals surface area (Å²) < 4.78 is 95.7. The van der Waals surface area contributed by atoms with Gasteiger partial charge in [0.2, 0.25) is 0 Å². The van der Waals surface area contributed by atoms with Crippen molar-refractivity contribution >= 4 is 28.1 Å². The van der Waals surface area contributed by atoms with Crippen LogP contribution in [0, 0.1) is 0 Å². The molecule has 2 N–H and O–H groups in total. The second kappa shape index (κ2) is 5.40. The van der Waals surface area contributed by atoms with Gasteiger partial charge in [0, 0.05) is 0 Å². The van der Waals surface area contributed by atoms with Crippen LogP contribution < -0.4 is 0 Å². The van der Waals surface area contributed by atoms with Crippen LogP contribution in [-0.2, 0) is 10.4 Å². The van der Waals surface area contributed by atoms with Gasteiger partial charge in [-0.3, -0.25) is 9.11 Å². The molecule has 0 saturated heterocycles. The Morgan fingerprint density at radius 3 is 1.07 bits per heavy atom. The Bertz CT molecular complexity index is 258. The van der Waals surface area contributed by atoms with Gasteiger partial charge in [-0.05, 0) is 0 Å². The van der Waals surface area contributed by atoms with E-state index in [-0.39, 0.29) is 17.7 Å². The first-order chi connectivity index (χ1) is 6.15. The molecule has 15 heavy (non-hydrogen) atoms. The van der Waals surface area contributed by atoms with Crippen molar-refractivity contribution in [3.63, 3.8) is 0 Å². The molecule has 0 heterocycles. The van der Waals surface area contributed by atoms with Crippen molar-refractivity contribution in [3.05, 3.63) is 0 Å². The molecule has 0 saturated carbocycles. The number of hydrogen-bond acceptors (Lipinski definition) is 2. The second-order valence-electron chi connectivity index (χ2n) is 2.25. The van der Waals surface area contributed by atoms with E-state index in [1.807, 2.05) is 0 Å². The summed E-state index contributed by atoms with van der Waals surface area (Å²) in [6, 6.07) is 0. The summed E-state index contributed by atoms with van der Waals surface area (Å²) in [5.41, 5.74) is 0. The predicted octanol–water partition coefficient (Wildman–Crippen LogP) is 1.42. The van der Waals surface area contributed by atoms with Crippen molar-refractivity contribution in [1.82, 2.24) is 0 Å². The number of rotatable bonds is 0. The maximum atomic E-state index is 11.2. The van der Waals surface area contributed by atoms with Crippen molar-refractivity contribution in [2.45, 2.75) is 16.9 Å². The van der Waals surface area contributed by atoms with Gasteiger partial charge in [0.15, 0.2) is 0 Å². The number of alkyl halides is 6. The summed E-state index contributed by atoms with van der Waals surface area (Å²) in [6.07, 6.45) is -10.4. The maximum absolute atomic E-state index is 11.2. The van der Waals surface area contributed by atoms with Crippen LogP contribution in [0.2, 0.25) is 4.59 Å². The van der Waals surface area contributed by atoms with Crippen LogP contribution in [0.3, 0.4) is 0 Å². The average molecular weight is 256 g/mol. The van der Waals surface area contributed by atoms with E-state index in [0.29, 0.717) is 0 Å². The van der Waals surface area contributed by atoms with Crippen LogP contribution in [0.15, 0.2) is 0 Å². The van der Waals surface area contributed by atoms with E-state index in [1.54, 1.807) is 0 Å². The van der Waals surface area contributed by atoms with Crippen LogP contribution >= 0.6 is 0 Å². The Hall–Kier alpha value is 0.0474. The van der Waals surface area contributed by atoms with E-state index >= 15 is 0 Å². The predicted molar refractivity (Wildman–Crippen MR) is 35.8 cm³/mol. The molecule has 0 aromatic heterocycles. The molecule has 0 unspecified atom stereocenters. The third-order valence-electron chi connectivity index (χ3n) is 0.982. The van der Waals surface area contributed by atoms with Crippen LogP contribution in [0.25, 0.3) is 0 Å². The molecule has 0 amide bonds. The van der Waals surface area contributed by atoms with Gasteiger partial charge in [0.1, 0.15) is 0 Å². The van der Waals surface area contributed by atoms with E-state index in [9.17, 15) is 26.3 Å². The van der Waals surface area contributed by atoms with Gasteiger partial charge < -0.3 is 0 Å². The molecule has 0 rings (SSSR count). The van der Waals surface area contributed by atoms with E-state index in [4.69, 9.17) is 17.5 Å². The average Bonchev–Trinajstić information content (AvgIpc) is 1.77. The molecule has 0 aromatic carbocycles. The molecule has 0 spiro atoms. The minimum absolute atomic E-state index is 0.0833. The third kappa shape index (κ3) is 14.0. The van der Waals surface area contributed by atoms with E-state index in [2.05, 4.69) is 0 Å². The number of hydrogen-bond donors (Lipinski definition) is 2. The Balaban J connectivity index is 0. The fourth-order valence-electron chi connectivity index (χ4n) is 0.186. The van der Waals surface area contributed by atoms with Crippen LogP contribution in [0.4, 0.5) is 26.3 Å². The summed E-state index contributed by atoms with van der Waals surface area (Å²) in [5, 5.41) is 0.